The lowest BCUT2D eigenvalue weighted by Crippen LogP contribution is -2.26. The molecule has 0 bridgehead atoms. The highest BCUT2D eigenvalue weighted by atomic mass is 35.5. The first kappa shape index (κ1) is 17.2. The van der Waals surface area contributed by atoms with Crippen LogP contribution in [0, 0.1) is 6.92 Å². The van der Waals surface area contributed by atoms with Crippen LogP contribution in [0.2, 0.25) is 5.15 Å². The molecule has 1 amide bonds. The molecule has 2 aromatic heterocycles. The Morgan fingerprint density at radius 2 is 2.09 bits per heavy atom. The van der Waals surface area contributed by atoms with Gasteiger partial charge < -0.3 is 4.90 Å². The van der Waals surface area contributed by atoms with Gasteiger partial charge in [0.25, 0.3) is 10.0 Å². The molecule has 0 spiro atoms. The number of anilines is 1. The van der Waals surface area contributed by atoms with E-state index < -0.39 is 10.0 Å². The number of carbonyl (C=O) groups is 1. The van der Waals surface area contributed by atoms with Crippen molar-refractivity contribution in [2.24, 2.45) is 0 Å². The Kier molecular flexibility index (Phi) is 4.90. The molecular weight excluding hydrogens is 342 g/mol. The molecule has 0 saturated carbocycles. The van der Waals surface area contributed by atoms with Gasteiger partial charge in [-0.15, -0.1) is 0 Å². The molecule has 0 aliphatic heterocycles. The summed E-state index contributed by atoms with van der Waals surface area (Å²) >= 11 is 5.79. The molecule has 2 heterocycles. The maximum atomic E-state index is 12.3. The average Bonchev–Trinajstić information content (AvgIpc) is 2.87. The summed E-state index contributed by atoms with van der Waals surface area (Å²) < 4.78 is 28.3. The Hall–Kier alpha value is -2.13. The maximum absolute atomic E-state index is 12.3. The Labute approximate surface area is 139 Å². The highest BCUT2D eigenvalue weighted by Crippen LogP contribution is 2.19. The molecule has 2 aromatic rings. The normalized spacial score (nSPS) is 11.3. The molecule has 0 aliphatic carbocycles. The van der Waals surface area contributed by atoms with Crippen molar-refractivity contribution in [3.05, 3.63) is 35.4 Å². The third-order valence-corrected chi connectivity index (χ3v) is 4.73. The minimum atomic E-state index is -3.80. The van der Waals surface area contributed by atoms with Crippen molar-refractivity contribution in [3.63, 3.8) is 0 Å². The van der Waals surface area contributed by atoms with Crippen LogP contribution in [-0.2, 0) is 21.4 Å². The fourth-order valence-corrected chi connectivity index (χ4v) is 2.84. The third kappa shape index (κ3) is 4.20. The second kappa shape index (κ2) is 6.55. The second-order valence-corrected chi connectivity index (χ2v) is 7.14. The van der Waals surface area contributed by atoms with Crippen molar-refractivity contribution in [2.75, 3.05) is 18.8 Å². The molecule has 0 unspecified atom stereocenters. The number of likely N-dealkylation sites (N-methyl/N-ethyl adjacent to an activating group) is 1. The monoisotopic (exact) mass is 357 g/mol. The van der Waals surface area contributed by atoms with Crippen LogP contribution in [0.15, 0.2) is 29.6 Å². The van der Waals surface area contributed by atoms with Crippen LogP contribution < -0.4 is 4.72 Å². The van der Waals surface area contributed by atoms with E-state index in [1.54, 1.807) is 21.0 Å². The summed E-state index contributed by atoms with van der Waals surface area (Å²) in [6, 6.07) is 1.43. The van der Waals surface area contributed by atoms with Crippen molar-refractivity contribution in [3.8, 4) is 0 Å². The van der Waals surface area contributed by atoms with Crippen LogP contribution in [0.5, 0.6) is 0 Å². The molecule has 0 aromatic carbocycles. The molecule has 0 atom stereocenters. The quantitative estimate of drug-likeness (QED) is 0.809. The maximum Gasteiger partial charge on any atom is 0.263 e. The number of amides is 1. The number of hydrogen-bond acceptors (Lipinski definition) is 5. The molecule has 1 N–H and O–H groups in total. The summed E-state index contributed by atoms with van der Waals surface area (Å²) in [5.41, 5.74) is 0.811. The molecule has 0 radical (unpaired) electrons. The number of sulfonamides is 1. The van der Waals surface area contributed by atoms with Crippen molar-refractivity contribution >= 4 is 33.2 Å². The fraction of sp³-hybridized carbons (Fsp3) is 0.308. The second-order valence-electron chi connectivity index (χ2n) is 5.10. The number of carbonyl (C=O) groups excluding carboxylic acids is 1. The van der Waals surface area contributed by atoms with Crippen molar-refractivity contribution in [2.45, 2.75) is 18.4 Å². The van der Waals surface area contributed by atoms with Crippen molar-refractivity contribution < 1.29 is 13.2 Å². The van der Waals surface area contributed by atoms with Gasteiger partial charge in [-0.3, -0.25) is 14.2 Å². The molecule has 0 saturated heterocycles. The summed E-state index contributed by atoms with van der Waals surface area (Å²) in [6.45, 7) is 1.69. The summed E-state index contributed by atoms with van der Waals surface area (Å²) in [6.07, 6.45) is 3.95. The van der Waals surface area contributed by atoms with E-state index in [9.17, 15) is 13.2 Å². The number of pyridine rings is 1. The predicted octanol–water partition coefficient (Wildman–Crippen LogP) is 1.13. The summed E-state index contributed by atoms with van der Waals surface area (Å²) in [5, 5.41) is 4.20. The zero-order chi connectivity index (χ0) is 17.2. The Balaban J connectivity index is 2.16. The SMILES string of the molecule is Cc1cc(S(=O)(=O)Nc2cnn(CC(=O)N(C)C)c2)cnc1Cl. The number of nitrogens with one attached hydrogen (secondary N) is 1. The molecule has 2 rings (SSSR count). The van der Waals surface area contributed by atoms with Gasteiger partial charge in [-0.25, -0.2) is 13.4 Å². The molecule has 0 fully saturated rings. The van der Waals surface area contributed by atoms with Gasteiger partial charge in [-0.1, -0.05) is 11.6 Å². The van der Waals surface area contributed by atoms with E-state index in [0.717, 1.165) is 0 Å². The van der Waals surface area contributed by atoms with Crippen LogP contribution in [0.4, 0.5) is 5.69 Å². The van der Waals surface area contributed by atoms with Gasteiger partial charge in [-0.05, 0) is 18.6 Å². The van der Waals surface area contributed by atoms with Crippen LogP contribution in [-0.4, -0.2) is 48.1 Å². The summed E-state index contributed by atoms with van der Waals surface area (Å²) in [4.78, 5) is 16.9. The number of rotatable bonds is 5. The minimum absolute atomic E-state index is 0.00322. The molecule has 10 heteroatoms. The van der Waals surface area contributed by atoms with Crippen molar-refractivity contribution in [1.82, 2.24) is 19.7 Å². The Morgan fingerprint density at radius 1 is 1.39 bits per heavy atom. The predicted molar refractivity (Wildman–Crippen MR) is 85.7 cm³/mol. The van der Waals surface area contributed by atoms with Crippen LogP contribution in [0.3, 0.4) is 0 Å². The largest absolute Gasteiger partial charge is 0.347 e. The number of hydrogen-bond donors (Lipinski definition) is 1. The zero-order valence-electron chi connectivity index (χ0n) is 12.8. The number of aryl methyl sites for hydroxylation is 1. The first-order chi connectivity index (χ1) is 10.7. The third-order valence-electron chi connectivity index (χ3n) is 2.98. The number of aromatic nitrogens is 3. The van der Waals surface area contributed by atoms with Gasteiger partial charge in [-0.2, -0.15) is 5.10 Å². The molecule has 23 heavy (non-hydrogen) atoms. The standard InChI is InChI=1S/C13H16ClN5O3S/c1-9-4-11(6-15-13(9)14)23(21,22)17-10-5-16-19(7-10)8-12(20)18(2)3/h4-7,17H,8H2,1-3H3. The lowest BCUT2D eigenvalue weighted by molar-refractivity contribution is -0.129. The Morgan fingerprint density at radius 3 is 2.70 bits per heavy atom. The van der Waals surface area contributed by atoms with Gasteiger partial charge >= 0.3 is 0 Å². The highest BCUT2D eigenvalue weighted by molar-refractivity contribution is 7.92. The Bertz CT molecular complexity index is 832. The average molecular weight is 358 g/mol. The van der Waals surface area contributed by atoms with Crippen LogP contribution in [0.1, 0.15) is 5.56 Å². The van der Waals surface area contributed by atoms with Crippen LogP contribution >= 0.6 is 11.6 Å². The lowest BCUT2D eigenvalue weighted by atomic mass is 10.3. The van der Waals surface area contributed by atoms with E-state index in [-0.39, 0.29) is 28.2 Å². The van der Waals surface area contributed by atoms with Gasteiger partial charge in [0.05, 0.1) is 11.9 Å². The molecule has 0 aliphatic rings. The van der Waals surface area contributed by atoms with Gasteiger partial charge in [0.15, 0.2) is 0 Å². The fourth-order valence-electron chi connectivity index (χ4n) is 1.68. The highest BCUT2D eigenvalue weighted by Gasteiger charge is 2.17. The minimum Gasteiger partial charge on any atom is -0.347 e. The lowest BCUT2D eigenvalue weighted by Gasteiger charge is -2.09. The van der Waals surface area contributed by atoms with E-state index in [0.29, 0.717) is 5.56 Å². The smallest absolute Gasteiger partial charge is 0.263 e. The van der Waals surface area contributed by atoms with E-state index in [4.69, 9.17) is 11.6 Å². The van der Waals surface area contributed by atoms with Gasteiger partial charge in [0.1, 0.15) is 16.6 Å². The van der Waals surface area contributed by atoms with Gasteiger partial charge in [0, 0.05) is 26.5 Å². The first-order valence-electron chi connectivity index (χ1n) is 6.56. The number of halogens is 1. The van der Waals surface area contributed by atoms with E-state index in [1.165, 1.54) is 34.2 Å². The van der Waals surface area contributed by atoms with E-state index in [1.807, 2.05) is 0 Å². The van der Waals surface area contributed by atoms with Crippen LogP contribution in [0.25, 0.3) is 0 Å². The van der Waals surface area contributed by atoms with E-state index >= 15 is 0 Å². The topological polar surface area (TPSA) is 97.2 Å². The summed E-state index contributed by atoms with van der Waals surface area (Å²) in [5.74, 6) is -0.153. The number of nitrogens with zero attached hydrogens (tertiary/aromatic N) is 4. The molecule has 124 valence electrons. The van der Waals surface area contributed by atoms with Gasteiger partial charge in [0.2, 0.25) is 5.91 Å². The molecular formula is C13H16ClN5O3S. The molecule has 8 nitrogen and oxygen atoms in total. The van der Waals surface area contributed by atoms with Crippen molar-refractivity contribution in [1.29, 1.82) is 0 Å². The summed E-state index contributed by atoms with van der Waals surface area (Å²) in [7, 11) is -0.543. The zero-order valence-corrected chi connectivity index (χ0v) is 14.4. The van der Waals surface area contributed by atoms with E-state index in [2.05, 4.69) is 14.8 Å². The first-order valence-corrected chi connectivity index (χ1v) is 8.43.